The fourth-order valence-corrected chi connectivity index (χ4v) is 3.87. The molecule has 0 saturated heterocycles. The second kappa shape index (κ2) is 7.11. The lowest BCUT2D eigenvalue weighted by atomic mass is 10.3. The summed E-state index contributed by atoms with van der Waals surface area (Å²) >= 11 is 1.04. The second-order valence-corrected chi connectivity index (χ2v) is 7.85. The van der Waals surface area contributed by atoms with Crippen LogP contribution in [0.15, 0.2) is 37.4 Å². The van der Waals surface area contributed by atoms with Gasteiger partial charge in [0.05, 0.1) is 13.1 Å². The molecule has 0 aliphatic heterocycles. The van der Waals surface area contributed by atoms with E-state index in [-0.39, 0.29) is 10.8 Å². The molecule has 0 saturated carbocycles. The van der Waals surface area contributed by atoms with Crippen molar-refractivity contribution in [1.82, 2.24) is 19.2 Å². The third-order valence-electron chi connectivity index (χ3n) is 3.27. The molecule has 2 aromatic heterocycles. The molecule has 0 atom stereocenters. The summed E-state index contributed by atoms with van der Waals surface area (Å²) in [5.74, 6) is -0.580. The van der Waals surface area contributed by atoms with E-state index in [1.54, 1.807) is 11.4 Å². The van der Waals surface area contributed by atoms with Crippen molar-refractivity contribution in [2.45, 2.75) is 10.8 Å². The van der Waals surface area contributed by atoms with E-state index in [9.17, 15) is 22.8 Å². The summed E-state index contributed by atoms with van der Waals surface area (Å²) in [6, 6.07) is 4.26. The zero-order valence-corrected chi connectivity index (χ0v) is 14.6. The minimum Gasteiger partial charge on any atom is -0.349 e. The van der Waals surface area contributed by atoms with Crippen molar-refractivity contribution in [3.63, 3.8) is 0 Å². The lowest BCUT2D eigenvalue weighted by Crippen LogP contribution is -2.41. The number of aromatic nitrogens is 2. The number of sulfonamides is 1. The van der Waals surface area contributed by atoms with Gasteiger partial charge in [0.1, 0.15) is 4.21 Å². The highest BCUT2D eigenvalue weighted by atomic mass is 32.2. The molecule has 0 spiro atoms. The number of rotatable bonds is 6. The Labute approximate surface area is 141 Å². The van der Waals surface area contributed by atoms with Crippen molar-refractivity contribution in [2.75, 3.05) is 6.54 Å². The number of nitrogens with zero attached hydrogens (tertiary/aromatic N) is 2. The first-order chi connectivity index (χ1) is 11.2. The standard InChI is InChI=1S/C13H16N4O5S2/c1-16-9(6-11(19)17(2)13(16)20)7-14-10(18)8-15-24(21,22)12-4-3-5-23-12/h3-6,15H,7-8H2,1-2H3,(H,14,18). The Morgan fingerprint density at radius 3 is 2.58 bits per heavy atom. The van der Waals surface area contributed by atoms with Gasteiger partial charge in [0.2, 0.25) is 5.91 Å². The fourth-order valence-electron chi connectivity index (χ4n) is 1.85. The van der Waals surface area contributed by atoms with Gasteiger partial charge in [0.15, 0.2) is 0 Å². The van der Waals surface area contributed by atoms with Crippen LogP contribution in [0, 0.1) is 0 Å². The first kappa shape index (κ1) is 18.1. The van der Waals surface area contributed by atoms with Crippen LogP contribution in [0.1, 0.15) is 5.69 Å². The summed E-state index contributed by atoms with van der Waals surface area (Å²) in [4.78, 5) is 35.1. The van der Waals surface area contributed by atoms with E-state index in [2.05, 4.69) is 10.0 Å². The average Bonchev–Trinajstić information content (AvgIpc) is 3.08. The maximum Gasteiger partial charge on any atom is 0.330 e. The van der Waals surface area contributed by atoms with Gasteiger partial charge in [0, 0.05) is 25.9 Å². The molecule has 0 aliphatic carbocycles. The first-order valence-corrected chi connectivity index (χ1v) is 9.14. The van der Waals surface area contributed by atoms with E-state index in [4.69, 9.17) is 0 Å². The molecule has 0 radical (unpaired) electrons. The highest BCUT2D eigenvalue weighted by Crippen LogP contribution is 2.14. The highest BCUT2D eigenvalue weighted by Gasteiger charge is 2.16. The number of thiophene rings is 1. The van der Waals surface area contributed by atoms with Crippen LogP contribution in [0.25, 0.3) is 0 Å². The molecule has 2 aromatic rings. The van der Waals surface area contributed by atoms with Gasteiger partial charge in [-0.05, 0) is 11.4 Å². The zero-order chi connectivity index (χ0) is 17.9. The summed E-state index contributed by atoms with van der Waals surface area (Å²) in [6.07, 6.45) is 0. The number of carbonyl (C=O) groups excluding carboxylic acids is 1. The SMILES string of the molecule is Cn1c(CNC(=O)CNS(=O)(=O)c2cccs2)cc(=O)n(C)c1=O. The van der Waals surface area contributed by atoms with Gasteiger partial charge in [0.25, 0.3) is 15.6 Å². The number of nitrogens with one attached hydrogen (secondary N) is 2. The zero-order valence-electron chi connectivity index (χ0n) is 13.0. The third-order valence-corrected chi connectivity index (χ3v) is 6.07. The lowest BCUT2D eigenvalue weighted by Gasteiger charge is -2.11. The molecule has 0 aromatic carbocycles. The van der Waals surface area contributed by atoms with Gasteiger partial charge in [-0.2, -0.15) is 0 Å². The fraction of sp³-hybridized carbons (Fsp3) is 0.308. The van der Waals surface area contributed by atoms with Gasteiger partial charge < -0.3 is 5.32 Å². The molecule has 2 heterocycles. The molecular weight excluding hydrogens is 356 g/mol. The van der Waals surface area contributed by atoms with Crippen molar-refractivity contribution in [3.8, 4) is 0 Å². The number of amides is 1. The second-order valence-electron chi connectivity index (χ2n) is 4.91. The van der Waals surface area contributed by atoms with Gasteiger partial charge in [-0.3, -0.25) is 18.7 Å². The van der Waals surface area contributed by atoms with E-state index in [0.717, 1.165) is 15.9 Å². The Morgan fingerprint density at radius 2 is 1.96 bits per heavy atom. The van der Waals surface area contributed by atoms with Crippen molar-refractivity contribution >= 4 is 27.3 Å². The monoisotopic (exact) mass is 372 g/mol. The Balaban J connectivity index is 1.98. The highest BCUT2D eigenvalue weighted by molar-refractivity contribution is 7.91. The molecule has 0 bridgehead atoms. The summed E-state index contributed by atoms with van der Waals surface area (Å²) in [5, 5.41) is 4.08. The molecular formula is C13H16N4O5S2. The van der Waals surface area contributed by atoms with Gasteiger partial charge in [-0.15, -0.1) is 11.3 Å². The van der Waals surface area contributed by atoms with Crippen molar-refractivity contribution < 1.29 is 13.2 Å². The minimum absolute atomic E-state index is 0.0681. The van der Waals surface area contributed by atoms with Crippen LogP contribution in [0.4, 0.5) is 0 Å². The quantitative estimate of drug-likeness (QED) is 0.656. The van der Waals surface area contributed by atoms with E-state index in [1.165, 1.54) is 30.8 Å². The van der Waals surface area contributed by atoms with Crippen LogP contribution in [0.3, 0.4) is 0 Å². The average molecular weight is 372 g/mol. The van der Waals surface area contributed by atoms with Gasteiger partial charge >= 0.3 is 5.69 Å². The molecule has 0 fully saturated rings. The Morgan fingerprint density at radius 1 is 1.25 bits per heavy atom. The molecule has 11 heteroatoms. The molecule has 24 heavy (non-hydrogen) atoms. The largest absolute Gasteiger partial charge is 0.349 e. The van der Waals surface area contributed by atoms with Crippen LogP contribution in [-0.4, -0.2) is 30.0 Å². The third kappa shape index (κ3) is 3.99. The summed E-state index contributed by atoms with van der Waals surface area (Å²) in [5.41, 5.74) is -0.677. The van der Waals surface area contributed by atoms with Gasteiger partial charge in [-0.25, -0.2) is 17.9 Å². The Bertz CT molecular complexity index is 957. The molecule has 1 amide bonds. The maximum atomic E-state index is 11.9. The normalized spacial score (nSPS) is 11.4. The van der Waals surface area contributed by atoms with Crippen LogP contribution in [0.5, 0.6) is 0 Å². The van der Waals surface area contributed by atoms with Crippen molar-refractivity contribution in [2.24, 2.45) is 14.1 Å². The van der Waals surface area contributed by atoms with Gasteiger partial charge in [-0.1, -0.05) is 6.07 Å². The van der Waals surface area contributed by atoms with E-state index < -0.39 is 33.7 Å². The molecule has 0 aliphatic rings. The smallest absolute Gasteiger partial charge is 0.330 e. The minimum atomic E-state index is -3.72. The van der Waals surface area contributed by atoms with Crippen molar-refractivity contribution in [3.05, 3.63) is 50.1 Å². The molecule has 130 valence electrons. The van der Waals surface area contributed by atoms with Crippen molar-refractivity contribution in [1.29, 1.82) is 0 Å². The van der Waals surface area contributed by atoms with Crippen LogP contribution >= 0.6 is 11.3 Å². The van der Waals surface area contributed by atoms with Crippen LogP contribution in [-0.2, 0) is 35.5 Å². The lowest BCUT2D eigenvalue weighted by molar-refractivity contribution is -0.120. The summed E-state index contributed by atoms with van der Waals surface area (Å²) in [7, 11) is -0.895. The number of carbonyl (C=O) groups is 1. The van der Waals surface area contributed by atoms with E-state index in [1.807, 2.05) is 0 Å². The first-order valence-electron chi connectivity index (χ1n) is 6.78. The summed E-state index contributed by atoms with van der Waals surface area (Å²) in [6.45, 7) is -0.513. The predicted molar refractivity (Wildman–Crippen MR) is 88.3 cm³/mol. The van der Waals surface area contributed by atoms with E-state index in [0.29, 0.717) is 5.69 Å². The summed E-state index contributed by atoms with van der Waals surface area (Å²) < 4.78 is 28.2. The van der Waals surface area contributed by atoms with Crippen LogP contribution in [0.2, 0.25) is 0 Å². The maximum absolute atomic E-state index is 11.9. The number of hydrogen-bond donors (Lipinski definition) is 2. The predicted octanol–water partition coefficient (Wildman–Crippen LogP) is -1.26. The van der Waals surface area contributed by atoms with Crippen LogP contribution < -0.4 is 21.3 Å². The molecule has 0 unspecified atom stereocenters. The topological polar surface area (TPSA) is 119 Å². The van der Waals surface area contributed by atoms with E-state index >= 15 is 0 Å². The number of hydrogen-bond acceptors (Lipinski definition) is 6. The molecule has 2 N–H and O–H groups in total. The molecule has 9 nitrogen and oxygen atoms in total. The Kier molecular flexibility index (Phi) is 5.36. The molecule has 2 rings (SSSR count). The Hall–Kier alpha value is -2.24.